The third-order valence-electron chi connectivity index (χ3n) is 5.52. The van der Waals surface area contributed by atoms with Crippen LogP contribution >= 0.6 is 0 Å². The minimum atomic E-state index is -3.64. The maximum atomic E-state index is 13.0. The third-order valence-corrected chi connectivity index (χ3v) is 7.40. The van der Waals surface area contributed by atoms with Crippen molar-refractivity contribution in [2.24, 2.45) is 5.73 Å². The first-order valence-corrected chi connectivity index (χ1v) is 12.1. The lowest BCUT2D eigenvalue weighted by atomic mass is 10.1. The highest BCUT2D eigenvalue weighted by molar-refractivity contribution is 7.89. The lowest BCUT2D eigenvalue weighted by molar-refractivity contribution is 0.0697. The largest absolute Gasteiger partial charge is 0.488 e. The van der Waals surface area contributed by atoms with E-state index in [1.54, 1.807) is 53.4 Å². The maximum Gasteiger partial charge on any atom is 0.253 e. The summed E-state index contributed by atoms with van der Waals surface area (Å²) in [6, 6.07) is 16.8. The lowest BCUT2D eigenvalue weighted by Crippen LogP contribution is -2.50. The van der Waals surface area contributed by atoms with E-state index < -0.39 is 15.9 Å². The zero-order chi connectivity index (χ0) is 24.1. The van der Waals surface area contributed by atoms with Crippen molar-refractivity contribution in [2.45, 2.75) is 11.5 Å². The highest BCUT2D eigenvalue weighted by atomic mass is 32.2. The van der Waals surface area contributed by atoms with Crippen molar-refractivity contribution in [1.29, 1.82) is 0 Å². The molecule has 3 aromatic rings. The van der Waals surface area contributed by atoms with E-state index >= 15 is 0 Å². The molecular formula is C24H24N4O5S. The number of primary amides is 1. The van der Waals surface area contributed by atoms with Crippen LogP contribution in [0.1, 0.15) is 26.3 Å². The summed E-state index contributed by atoms with van der Waals surface area (Å²) in [5, 5.41) is 0. The number of piperazine rings is 1. The molecule has 9 nitrogen and oxygen atoms in total. The third kappa shape index (κ3) is 5.08. The molecule has 0 unspecified atom stereocenters. The van der Waals surface area contributed by atoms with Crippen LogP contribution in [-0.4, -0.2) is 60.6 Å². The fourth-order valence-electron chi connectivity index (χ4n) is 3.71. The van der Waals surface area contributed by atoms with Crippen molar-refractivity contribution < 1.29 is 22.7 Å². The van der Waals surface area contributed by atoms with E-state index in [0.29, 0.717) is 11.3 Å². The summed E-state index contributed by atoms with van der Waals surface area (Å²) in [7, 11) is -3.64. The number of pyridine rings is 1. The Hall–Kier alpha value is -3.76. The molecule has 1 fully saturated rings. The fraction of sp³-hybridized carbons (Fsp3) is 0.208. The number of para-hydroxylation sites is 1. The van der Waals surface area contributed by atoms with E-state index in [-0.39, 0.29) is 49.2 Å². The minimum Gasteiger partial charge on any atom is -0.488 e. The highest BCUT2D eigenvalue weighted by Gasteiger charge is 2.30. The molecule has 1 saturated heterocycles. The molecule has 2 N–H and O–H groups in total. The van der Waals surface area contributed by atoms with E-state index in [1.807, 2.05) is 6.07 Å². The van der Waals surface area contributed by atoms with Gasteiger partial charge in [0.15, 0.2) is 0 Å². The Morgan fingerprint density at radius 1 is 0.971 bits per heavy atom. The van der Waals surface area contributed by atoms with Crippen LogP contribution in [0.2, 0.25) is 0 Å². The predicted octanol–water partition coefficient (Wildman–Crippen LogP) is 1.91. The van der Waals surface area contributed by atoms with Gasteiger partial charge in [0.05, 0.1) is 5.56 Å². The van der Waals surface area contributed by atoms with Gasteiger partial charge in [0.2, 0.25) is 10.0 Å². The second kappa shape index (κ2) is 10.0. The summed E-state index contributed by atoms with van der Waals surface area (Å²) in [5.41, 5.74) is 6.90. The Morgan fingerprint density at radius 3 is 2.44 bits per heavy atom. The van der Waals surface area contributed by atoms with Crippen LogP contribution in [-0.2, 0) is 16.6 Å². The van der Waals surface area contributed by atoms with E-state index in [2.05, 4.69) is 4.98 Å². The molecule has 10 heteroatoms. The van der Waals surface area contributed by atoms with Crippen LogP contribution in [0.5, 0.6) is 5.75 Å². The average Bonchev–Trinajstić information content (AvgIpc) is 2.88. The van der Waals surface area contributed by atoms with E-state index in [4.69, 9.17) is 10.5 Å². The van der Waals surface area contributed by atoms with Crippen LogP contribution in [0, 0.1) is 0 Å². The van der Waals surface area contributed by atoms with Crippen molar-refractivity contribution in [3.63, 3.8) is 0 Å². The second-order valence-corrected chi connectivity index (χ2v) is 9.67. The van der Waals surface area contributed by atoms with Gasteiger partial charge in [-0.15, -0.1) is 0 Å². The molecule has 4 rings (SSSR count). The molecule has 2 amide bonds. The molecule has 2 aromatic carbocycles. The number of nitrogens with two attached hydrogens (primary N) is 1. The number of amides is 2. The zero-order valence-corrected chi connectivity index (χ0v) is 19.1. The number of aromatic nitrogens is 1. The number of carbonyl (C=O) groups excluding carboxylic acids is 2. The minimum absolute atomic E-state index is 0.139. The van der Waals surface area contributed by atoms with Gasteiger partial charge in [0.25, 0.3) is 11.8 Å². The molecule has 1 aromatic heterocycles. The summed E-state index contributed by atoms with van der Waals surface area (Å²) in [5.74, 6) is -0.389. The number of nitrogens with zero attached hydrogens (tertiary/aromatic N) is 3. The molecule has 0 spiro atoms. The Labute approximate surface area is 197 Å². The summed E-state index contributed by atoms with van der Waals surface area (Å²) in [4.78, 5) is 30.3. The van der Waals surface area contributed by atoms with Crippen LogP contribution in [0.15, 0.2) is 78.0 Å². The van der Waals surface area contributed by atoms with Crippen LogP contribution in [0.25, 0.3) is 0 Å². The lowest BCUT2D eigenvalue weighted by Gasteiger charge is -2.34. The van der Waals surface area contributed by atoms with Gasteiger partial charge >= 0.3 is 0 Å². The summed E-state index contributed by atoms with van der Waals surface area (Å²) < 4.78 is 32.7. The first kappa shape index (κ1) is 23.4. The normalized spacial score (nSPS) is 14.5. The van der Waals surface area contributed by atoms with Gasteiger partial charge in [-0.1, -0.05) is 24.3 Å². The predicted molar refractivity (Wildman–Crippen MR) is 125 cm³/mol. The van der Waals surface area contributed by atoms with Gasteiger partial charge in [-0.25, -0.2) is 8.42 Å². The SMILES string of the molecule is NC(=O)c1ccccc1OCc1cccc(C(=O)N2CCN(S(=O)(=O)c3cccnc3)CC2)c1. The number of rotatable bonds is 7. The average molecular weight is 481 g/mol. The smallest absolute Gasteiger partial charge is 0.253 e. The quantitative estimate of drug-likeness (QED) is 0.551. The van der Waals surface area contributed by atoms with Gasteiger partial charge in [0, 0.05) is 44.1 Å². The Kier molecular flexibility index (Phi) is 6.90. The Balaban J connectivity index is 1.39. The Bertz CT molecular complexity index is 1290. The molecule has 0 aliphatic carbocycles. The molecule has 2 heterocycles. The highest BCUT2D eigenvalue weighted by Crippen LogP contribution is 2.20. The van der Waals surface area contributed by atoms with E-state index in [9.17, 15) is 18.0 Å². The van der Waals surface area contributed by atoms with Gasteiger partial charge in [-0.05, 0) is 42.0 Å². The van der Waals surface area contributed by atoms with Gasteiger partial charge in [0.1, 0.15) is 17.3 Å². The standard InChI is InChI=1S/C24H24N4O5S/c25-23(29)21-8-1-2-9-22(21)33-17-18-5-3-6-19(15-18)24(30)27-11-13-28(14-12-27)34(31,32)20-7-4-10-26-16-20/h1-10,15-16H,11-14,17H2,(H2,25,29). The fourth-order valence-corrected chi connectivity index (χ4v) is 5.10. The zero-order valence-electron chi connectivity index (χ0n) is 18.3. The van der Waals surface area contributed by atoms with Crippen molar-refractivity contribution in [3.8, 4) is 5.75 Å². The van der Waals surface area contributed by atoms with E-state index in [1.165, 1.54) is 22.8 Å². The van der Waals surface area contributed by atoms with Crippen LogP contribution < -0.4 is 10.5 Å². The molecular weight excluding hydrogens is 456 g/mol. The Morgan fingerprint density at radius 2 is 1.74 bits per heavy atom. The molecule has 0 saturated carbocycles. The first-order chi connectivity index (χ1) is 16.4. The summed E-state index contributed by atoms with van der Waals surface area (Å²) in [6.07, 6.45) is 2.84. The molecule has 176 valence electrons. The number of hydrogen-bond acceptors (Lipinski definition) is 6. The van der Waals surface area contributed by atoms with Gasteiger partial charge in [-0.2, -0.15) is 4.31 Å². The second-order valence-electron chi connectivity index (χ2n) is 7.73. The van der Waals surface area contributed by atoms with E-state index in [0.717, 1.165) is 5.56 Å². The number of ether oxygens (including phenoxy) is 1. The molecule has 1 aliphatic rings. The van der Waals surface area contributed by atoms with Gasteiger partial charge in [-0.3, -0.25) is 14.6 Å². The maximum absolute atomic E-state index is 13.0. The first-order valence-electron chi connectivity index (χ1n) is 10.7. The summed E-state index contributed by atoms with van der Waals surface area (Å²) in [6.45, 7) is 1.13. The molecule has 1 aliphatic heterocycles. The molecule has 0 bridgehead atoms. The van der Waals surface area contributed by atoms with Crippen molar-refractivity contribution in [3.05, 3.63) is 89.7 Å². The number of carbonyl (C=O) groups is 2. The van der Waals surface area contributed by atoms with Crippen molar-refractivity contribution in [1.82, 2.24) is 14.2 Å². The topological polar surface area (TPSA) is 123 Å². The summed E-state index contributed by atoms with van der Waals surface area (Å²) >= 11 is 0. The number of hydrogen-bond donors (Lipinski definition) is 1. The van der Waals surface area contributed by atoms with Crippen LogP contribution in [0.3, 0.4) is 0 Å². The molecule has 34 heavy (non-hydrogen) atoms. The monoisotopic (exact) mass is 480 g/mol. The van der Waals surface area contributed by atoms with Crippen LogP contribution in [0.4, 0.5) is 0 Å². The van der Waals surface area contributed by atoms with Crippen molar-refractivity contribution >= 4 is 21.8 Å². The molecule has 0 radical (unpaired) electrons. The molecule has 0 atom stereocenters. The van der Waals surface area contributed by atoms with Gasteiger partial charge < -0.3 is 15.4 Å². The number of benzene rings is 2. The number of sulfonamides is 1. The van der Waals surface area contributed by atoms with Crippen molar-refractivity contribution in [2.75, 3.05) is 26.2 Å².